The molecule has 0 saturated heterocycles. The zero-order valence-corrected chi connectivity index (χ0v) is 5.00. The van der Waals surface area contributed by atoms with Gasteiger partial charge in [-0.3, -0.25) is 4.68 Å². The molecule has 0 spiro atoms. The topological polar surface area (TPSA) is 30.7 Å². The van der Waals surface area contributed by atoms with Crippen LogP contribution in [-0.4, -0.2) is 22.3 Å². The van der Waals surface area contributed by atoms with Crippen LogP contribution in [0.1, 0.15) is 0 Å². The number of rotatable bonds is 1. The summed E-state index contributed by atoms with van der Waals surface area (Å²) < 4.78 is 1.68. The molecule has 0 saturated carbocycles. The van der Waals surface area contributed by atoms with Crippen LogP contribution in [0.2, 0.25) is 6.82 Å². The summed E-state index contributed by atoms with van der Waals surface area (Å²) in [5, 5.41) is 7.51. The van der Waals surface area contributed by atoms with Gasteiger partial charge in [0, 0.05) is 18.8 Å². The highest BCUT2D eigenvalue weighted by Crippen LogP contribution is 1.67. The SMILES string of the molecule is C[B]c1cn(C)nn1. The summed E-state index contributed by atoms with van der Waals surface area (Å²) in [5.74, 6) is 0. The normalized spacial score (nSPS) is 9.25. The molecule has 4 heteroatoms. The van der Waals surface area contributed by atoms with E-state index >= 15 is 0 Å². The Morgan fingerprint density at radius 2 is 2.50 bits per heavy atom. The lowest BCUT2D eigenvalue weighted by Crippen LogP contribution is -2.10. The van der Waals surface area contributed by atoms with Crippen molar-refractivity contribution in [2.24, 2.45) is 7.05 Å². The molecule has 0 aliphatic carbocycles. The van der Waals surface area contributed by atoms with Gasteiger partial charge in [-0.05, 0) is 0 Å². The smallest absolute Gasteiger partial charge is 0.179 e. The van der Waals surface area contributed by atoms with Crippen LogP contribution in [0, 0.1) is 0 Å². The second-order valence-electron chi connectivity index (χ2n) is 1.61. The van der Waals surface area contributed by atoms with Crippen molar-refractivity contribution in [1.29, 1.82) is 0 Å². The van der Waals surface area contributed by atoms with E-state index < -0.39 is 0 Å². The Labute approximate surface area is 48.9 Å². The molecule has 0 bridgehead atoms. The highest BCUT2D eigenvalue weighted by atomic mass is 15.4. The van der Waals surface area contributed by atoms with Gasteiger partial charge >= 0.3 is 0 Å². The van der Waals surface area contributed by atoms with Gasteiger partial charge in [0.15, 0.2) is 7.28 Å². The van der Waals surface area contributed by atoms with Gasteiger partial charge in [-0.2, -0.15) is 0 Å². The predicted octanol–water partition coefficient (Wildman–Crippen LogP) is -0.807. The first-order valence-electron chi connectivity index (χ1n) is 2.48. The zero-order valence-electron chi connectivity index (χ0n) is 5.00. The van der Waals surface area contributed by atoms with Gasteiger partial charge in [-0.15, -0.1) is 5.10 Å². The molecule has 0 aromatic carbocycles. The predicted molar refractivity (Wildman–Crippen MR) is 32.3 cm³/mol. The highest BCUT2D eigenvalue weighted by Gasteiger charge is 1.91. The van der Waals surface area contributed by atoms with Gasteiger partial charge in [0.2, 0.25) is 0 Å². The molecule has 41 valence electrons. The average Bonchev–Trinajstić information content (AvgIpc) is 2.14. The standard InChI is InChI=1S/C4H7BN3/c1-5-4-3-8(2)7-6-4/h3H,1-2H3. The summed E-state index contributed by atoms with van der Waals surface area (Å²) in [6, 6.07) is 0. The van der Waals surface area contributed by atoms with Crippen molar-refractivity contribution in [3.05, 3.63) is 6.20 Å². The molecule has 0 fully saturated rings. The van der Waals surface area contributed by atoms with Crippen LogP contribution in [-0.2, 0) is 7.05 Å². The Morgan fingerprint density at radius 1 is 1.75 bits per heavy atom. The highest BCUT2D eigenvalue weighted by molar-refractivity contribution is 6.50. The van der Waals surface area contributed by atoms with Crippen LogP contribution in [0.3, 0.4) is 0 Å². The van der Waals surface area contributed by atoms with E-state index in [1.165, 1.54) is 0 Å². The first-order chi connectivity index (χ1) is 3.83. The van der Waals surface area contributed by atoms with Gasteiger partial charge in [0.1, 0.15) is 0 Å². The maximum absolute atomic E-state index is 3.79. The fourth-order valence-electron chi connectivity index (χ4n) is 0.498. The second kappa shape index (κ2) is 1.98. The Hall–Kier alpha value is -0.795. The summed E-state index contributed by atoms with van der Waals surface area (Å²) in [5.41, 5.74) is 0.924. The summed E-state index contributed by atoms with van der Waals surface area (Å²) in [6.45, 7) is 1.93. The van der Waals surface area contributed by atoms with Gasteiger partial charge in [-0.1, -0.05) is 12.0 Å². The maximum atomic E-state index is 3.79. The Balaban J connectivity index is 2.84. The third kappa shape index (κ3) is 0.884. The van der Waals surface area contributed by atoms with Crippen molar-refractivity contribution in [1.82, 2.24) is 15.0 Å². The molecule has 1 aromatic rings. The van der Waals surface area contributed by atoms with E-state index in [1.54, 1.807) is 4.68 Å². The number of nitrogens with zero attached hydrogens (tertiary/aromatic N) is 3. The van der Waals surface area contributed by atoms with E-state index in [9.17, 15) is 0 Å². The van der Waals surface area contributed by atoms with Crippen molar-refractivity contribution >= 4 is 12.9 Å². The number of hydrogen-bond donors (Lipinski definition) is 0. The van der Waals surface area contributed by atoms with Crippen LogP contribution in [0.25, 0.3) is 0 Å². The first-order valence-corrected chi connectivity index (χ1v) is 2.48. The minimum absolute atomic E-state index is 0.924. The van der Waals surface area contributed by atoms with Gasteiger partial charge in [0.25, 0.3) is 0 Å². The van der Waals surface area contributed by atoms with Crippen molar-refractivity contribution in [2.75, 3.05) is 0 Å². The van der Waals surface area contributed by atoms with Crippen molar-refractivity contribution < 1.29 is 0 Å². The molecule has 0 aliphatic heterocycles. The lowest BCUT2D eigenvalue weighted by Gasteiger charge is -1.77. The largest absolute Gasteiger partial charge is 0.256 e. The Bertz CT molecular complexity index is 172. The molecule has 1 aromatic heterocycles. The summed E-state index contributed by atoms with van der Waals surface area (Å²) in [7, 11) is 3.76. The Kier molecular flexibility index (Phi) is 1.33. The molecule has 1 radical (unpaired) electrons. The summed E-state index contributed by atoms with van der Waals surface area (Å²) in [6.07, 6.45) is 1.86. The van der Waals surface area contributed by atoms with Gasteiger partial charge in [-0.25, -0.2) is 0 Å². The molecule has 0 amide bonds. The van der Waals surface area contributed by atoms with Crippen LogP contribution in [0.5, 0.6) is 0 Å². The quantitative estimate of drug-likeness (QED) is 0.440. The molecule has 1 rings (SSSR count). The minimum Gasteiger partial charge on any atom is -0.256 e. The summed E-state index contributed by atoms with van der Waals surface area (Å²) in [4.78, 5) is 0. The van der Waals surface area contributed by atoms with E-state index in [-0.39, 0.29) is 0 Å². The third-order valence-electron chi connectivity index (χ3n) is 0.916. The van der Waals surface area contributed by atoms with Gasteiger partial charge < -0.3 is 0 Å². The van der Waals surface area contributed by atoms with Gasteiger partial charge in [0.05, 0.1) is 0 Å². The lowest BCUT2D eigenvalue weighted by atomic mass is 9.79. The average molecular weight is 108 g/mol. The molecule has 0 unspecified atom stereocenters. The lowest BCUT2D eigenvalue weighted by molar-refractivity contribution is 0.715. The van der Waals surface area contributed by atoms with Crippen molar-refractivity contribution in [3.8, 4) is 0 Å². The first kappa shape index (κ1) is 5.34. The van der Waals surface area contributed by atoms with Crippen LogP contribution in [0.15, 0.2) is 6.20 Å². The minimum atomic E-state index is 0.924. The van der Waals surface area contributed by atoms with E-state index in [0.29, 0.717) is 0 Å². The Morgan fingerprint density at radius 3 is 2.75 bits per heavy atom. The molecule has 1 heterocycles. The summed E-state index contributed by atoms with van der Waals surface area (Å²) >= 11 is 0. The van der Waals surface area contributed by atoms with Crippen molar-refractivity contribution in [3.63, 3.8) is 0 Å². The number of aryl methyl sites for hydroxylation is 1. The van der Waals surface area contributed by atoms with Crippen LogP contribution >= 0.6 is 0 Å². The maximum Gasteiger partial charge on any atom is 0.179 e. The third-order valence-corrected chi connectivity index (χ3v) is 0.916. The fraction of sp³-hybridized carbons (Fsp3) is 0.500. The molecule has 3 nitrogen and oxygen atoms in total. The van der Waals surface area contributed by atoms with E-state index in [2.05, 4.69) is 10.3 Å². The molecule has 8 heavy (non-hydrogen) atoms. The van der Waals surface area contributed by atoms with Crippen molar-refractivity contribution in [2.45, 2.75) is 6.82 Å². The van der Waals surface area contributed by atoms with E-state index in [0.717, 1.165) is 5.59 Å². The monoisotopic (exact) mass is 108 g/mol. The van der Waals surface area contributed by atoms with Crippen LogP contribution < -0.4 is 5.59 Å². The molecule has 0 aliphatic rings. The van der Waals surface area contributed by atoms with E-state index in [4.69, 9.17) is 0 Å². The molecule has 0 N–H and O–H groups in total. The van der Waals surface area contributed by atoms with E-state index in [1.807, 2.05) is 27.3 Å². The fourth-order valence-corrected chi connectivity index (χ4v) is 0.498. The number of aromatic nitrogens is 3. The molecular formula is C4H7BN3. The molecule has 0 atom stereocenters. The zero-order chi connectivity index (χ0) is 5.98. The van der Waals surface area contributed by atoms with Crippen LogP contribution in [0.4, 0.5) is 0 Å². The number of hydrogen-bond acceptors (Lipinski definition) is 2. The molecular weight excluding hydrogens is 101 g/mol. The second-order valence-corrected chi connectivity index (χ2v) is 1.61.